The van der Waals surface area contributed by atoms with Crippen molar-refractivity contribution in [1.82, 2.24) is 10.3 Å². The summed E-state index contributed by atoms with van der Waals surface area (Å²) >= 11 is 0. The van der Waals surface area contributed by atoms with Crippen molar-refractivity contribution in [3.8, 4) is 23.3 Å². The van der Waals surface area contributed by atoms with Crippen molar-refractivity contribution in [2.24, 2.45) is 5.10 Å². The molecule has 2 aromatic carbocycles. The maximum atomic E-state index is 11.9. The molecule has 0 radical (unpaired) electrons. The number of carbonyl (C=O) groups is 2. The molecule has 0 spiro atoms. The average Bonchev–Trinajstić information content (AvgIpc) is 2.77. The van der Waals surface area contributed by atoms with E-state index < -0.39 is 5.91 Å². The number of hydrogen-bond acceptors (Lipinski definition) is 7. The van der Waals surface area contributed by atoms with Crippen molar-refractivity contribution in [3.63, 3.8) is 0 Å². The molecule has 162 valence electrons. The minimum Gasteiger partial charge on any atom is -0.490 e. The van der Waals surface area contributed by atoms with E-state index in [9.17, 15) is 9.59 Å². The Balaban J connectivity index is 1.90. The van der Waals surface area contributed by atoms with E-state index in [4.69, 9.17) is 19.5 Å². The Morgan fingerprint density at radius 2 is 1.81 bits per heavy atom. The summed E-state index contributed by atoms with van der Waals surface area (Å²) in [5.41, 5.74) is 3.55. The van der Waals surface area contributed by atoms with Gasteiger partial charge in [0.25, 0.3) is 11.8 Å². The van der Waals surface area contributed by atoms with Gasteiger partial charge in [0.1, 0.15) is 5.75 Å². The average molecular weight is 424 g/mol. The Kier molecular flexibility index (Phi) is 8.86. The molecule has 0 aliphatic carbocycles. The number of rotatable bonds is 10. The van der Waals surface area contributed by atoms with Crippen LogP contribution in [-0.2, 0) is 9.59 Å². The summed E-state index contributed by atoms with van der Waals surface area (Å²) in [4.78, 5) is 25.0. The molecule has 9 nitrogen and oxygen atoms in total. The van der Waals surface area contributed by atoms with Crippen molar-refractivity contribution in [3.05, 3.63) is 53.6 Å². The molecule has 0 aliphatic rings. The fourth-order valence-electron chi connectivity index (χ4n) is 2.25. The molecule has 9 heteroatoms. The summed E-state index contributed by atoms with van der Waals surface area (Å²) in [5, 5.41) is 12.7. The number of carbonyl (C=O) groups excluding carboxylic acids is 2. The van der Waals surface area contributed by atoms with E-state index in [2.05, 4.69) is 10.5 Å². The van der Waals surface area contributed by atoms with Crippen LogP contribution in [0.1, 0.15) is 18.1 Å². The summed E-state index contributed by atoms with van der Waals surface area (Å²) in [6.07, 6.45) is 1.46. The van der Waals surface area contributed by atoms with Crippen LogP contribution in [0.5, 0.6) is 17.2 Å². The van der Waals surface area contributed by atoms with Crippen LogP contribution in [0.4, 0.5) is 0 Å². The van der Waals surface area contributed by atoms with E-state index >= 15 is 0 Å². The topological polar surface area (TPSA) is 113 Å². The monoisotopic (exact) mass is 424 g/mol. The summed E-state index contributed by atoms with van der Waals surface area (Å²) in [5.74, 6) is 0.775. The highest BCUT2D eigenvalue weighted by Gasteiger charge is 2.10. The lowest BCUT2D eigenvalue weighted by atomic mass is 10.2. The van der Waals surface area contributed by atoms with E-state index in [1.165, 1.54) is 11.1 Å². The zero-order valence-electron chi connectivity index (χ0n) is 17.6. The van der Waals surface area contributed by atoms with Crippen molar-refractivity contribution in [1.29, 1.82) is 5.26 Å². The van der Waals surface area contributed by atoms with Gasteiger partial charge in [-0.3, -0.25) is 9.59 Å². The third-order valence-electron chi connectivity index (χ3n) is 3.87. The number of nitriles is 1. The van der Waals surface area contributed by atoms with E-state index in [1.807, 2.05) is 13.0 Å². The highest BCUT2D eigenvalue weighted by molar-refractivity contribution is 5.84. The lowest BCUT2D eigenvalue weighted by molar-refractivity contribution is -0.130. The predicted molar refractivity (Wildman–Crippen MR) is 114 cm³/mol. The van der Waals surface area contributed by atoms with E-state index in [-0.39, 0.29) is 19.1 Å². The second kappa shape index (κ2) is 11.8. The van der Waals surface area contributed by atoms with Crippen LogP contribution in [0, 0.1) is 11.3 Å². The SMILES string of the molecule is CCOc1cc(/C=N\NC(=O)COc2ccc(C#N)cc2)ccc1OCC(=O)N(C)C. The van der Waals surface area contributed by atoms with Gasteiger partial charge in [0.05, 0.1) is 24.5 Å². The second-order valence-corrected chi connectivity index (χ2v) is 6.43. The lowest BCUT2D eigenvalue weighted by Gasteiger charge is -2.14. The smallest absolute Gasteiger partial charge is 0.277 e. The molecule has 0 bridgehead atoms. The fraction of sp³-hybridized carbons (Fsp3) is 0.273. The Hall–Kier alpha value is -4.06. The van der Waals surface area contributed by atoms with Gasteiger partial charge in [-0.1, -0.05) is 0 Å². The van der Waals surface area contributed by atoms with Gasteiger partial charge in [-0.15, -0.1) is 0 Å². The van der Waals surface area contributed by atoms with Crippen LogP contribution in [0.3, 0.4) is 0 Å². The highest BCUT2D eigenvalue weighted by atomic mass is 16.5. The normalized spacial score (nSPS) is 10.3. The first-order chi connectivity index (χ1) is 14.9. The summed E-state index contributed by atoms with van der Waals surface area (Å²) in [6, 6.07) is 13.5. The Morgan fingerprint density at radius 3 is 2.45 bits per heavy atom. The van der Waals surface area contributed by atoms with Gasteiger partial charge in [0.2, 0.25) is 0 Å². The Labute approximate surface area is 180 Å². The number of ether oxygens (including phenoxy) is 3. The number of likely N-dealkylation sites (N-methyl/N-ethyl adjacent to an activating group) is 1. The van der Waals surface area contributed by atoms with E-state index in [1.54, 1.807) is 56.6 Å². The molecule has 0 unspecified atom stereocenters. The highest BCUT2D eigenvalue weighted by Crippen LogP contribution is 2.28. The first kappa shape index (κ1) is 23.2. The molecule has 0 aliphatic heterocycles. The molecule has 0 aromatic heterocycles. The fourth-order valence-corrected chi connectivity index (χ4v) is 2.25. The van der Waals surface area contributed by atoms with Gasteiger partial charge in [-0.2, -0.15) is 10.4 Å². The third kappa shape index (κ3) is 7.70. The molecule has 2 rings (SSSR count). The minimum absolute atomic E-state index is 0.101. The largest absolute Gasteiger partial charge is 0.490 e. The van der Waals surface area contributed by atoms with Gasteiger partial charge >= 0.3 is 0 Å². The minimum atomic E-state index is -0.437. The molecule has 0 saturated heterocycles. The zero-order chi connectivity index (χ0) is 22.6. The van der Waals surface area contributed by atoms with Crippen molar-refractivity contribution >= 4 is 18.0 Å². The molecule has 0 atom stereocenters. The van der Waals surface area contributed by atoms with Crippen LogP contribution < -0.4 is 19.6 Å². The number of hydrogen-bond donors (Lipinski definition) is 1. The summed E-state index contributed by atoms with van der Waals surface area (Å²) < 4.78 is 16.4. The van der Waals surface area contributed by atoms with E-state index in [0.29, 0.717) is 35.0 Å². The standard InChI is InChI=1S/C22H24N4O5/c1-4-29-20-11-17(7-10-19(20)31-15-22(28)26(2)3)13-24-25-21(27)14-30-18-8-5-16(12-23)6-9-18/h5-11,13H,4,14-15H2,1-3H3,(H,25,27)/b24-13-. The maximum Gasteiger partial charge on any atom is 0.277 e. The first-order valence-corrected chi connectivity index (χ1v) is 9.47. The Morgan fingerprint density at radius 1 is 1.06 bits per heavy atom. The molecular formula is C22H24N4O5. The Bertz CT molecular complexity index is 965. The van der Waals surface area contributed by atoms with Crippen molar-refractivity contribution in [2.75, 3.05) is 33.9 Å². The molecule has 2 aromatic rings. The van der Waals surface area contributed by atoms with Crippen LogP contribution in [0.15, 0.2) is 47.6 Å². The predicted octanol–water partition coefficient (Wildman–Crippen LogP) is 1.95. The number of benzene rings is 2. The quantitative estimate of drug-likeness (QED) is 0.461. The van der Waals surface area contributed by atoms with Gasteiger partial charge < -0.3 is 19.1 Å². The molecule has 0 saturated carbocycles. The molecule has 0 fully saturated rings. The van der Waals surface area contributed by atoms with Gasteiger partial charge in [0.15, 0.2) is 24.7 Å². The van der Waals surface area contributed by atoms with Gasteiger partial charge in [0, 0.05) is 14.1 Å². The summed E-state index contributed by atoms with van der Waals surface area (Å²) in [7, 11) is 3.30. The number of amides is 2. The molecular weight excluding hydrogens is 400 g/mol. The van der Waals surface area contributed by atoms with Crippen LogP contribution in [0.2, 0.25) is 0 Å². The molecule has 1 N–H and O–H groups in total. The number of nitrogens with zero attached hydrogens (tertiary/aromatic N) is 3. The van der Waals surface area contributed by atoms with E-state index in [0.717, 1.165) is 0 Å². The maximum absolute atomic E-state index is 11.9. The lowest BCUT2D eigenvalue weighted by Crippen LogP contribution is -2.27. The van der Waals surface area contributed by atoms with Gasteiger partial charge in [-0.05, 0) is 55.0 Å². The molecule has 0 heterocycles. The summed E-state index contributed by atoms with van der Waals surface area (Å²) in [6.45, 7) is 1.93. The van der Waals surface area contributed by atoms with Crippen molar-refractivity contribution in [2.45, 2.75) is 6.92 Å². The van der Waals surface area contributed by atoms with Crippen LogP contribution >= 0.6 is 0 Å². The number of hydrazone groups is 1. The number of nitrogens with one attached hydrogen (secondary N) is 1. The van der Waals surface area contributed by atoms with Gasteiger partial charge in [-0.25, -0.2) is 5.43 Å². The molecule has 31 heavy (non-hydrogen) atoms. The molecule has 2 amide bonds. The van der Waals surface area contributed by atoms with Crippen molar-refractivity contribution < 1.29 is 23.8 Å². The third-order valence-corrected chi connectivity index (χ3v) is 3.87. The second-order valence-electron chi connectivity index (χ2n) is 6.43. The van der Waals surface area contributed by atoms with Crippen LogP contribution in [0.25, 0.3) is 0 Å². The van der Waals surface area contributed by atoms with Crippen LogP contribution in [-0.4, -0.2) is 56.8 Å². The first-order valence-electron chi connectivity index (χ1n) is 9.47. The zero-order valence-corrected chi connectivity index (χ0v) is 17.6.